The molecule has 0 saturated carbocycles. The van der Waals surface area contributed by atoms with Crippen LogP contribution in [0.15, 0.2) is 42.5 Å². The van der Waals surface area contributed by atoms with Crippen molar-refractivity contribution in [1.82, 2.24) is 4.90 Å². The van der Waals surface area contributed by atoms with E-state index in [4.69, 9.17) is 4.74 Å². The first-order valence-corrected chi connectivity index (χ1v) is 8.36. The van der Waals surface area contributed by atoms with E-state index < -0.39 is 11.9 Å². The fraction of sp³-hybridized carbons (Fsp3) is 0.300. The summed E-state index contributed by atoms with van der Waals surface area (Å²) >= 11 is 0. The van der Waals surface area contributed by atoms with Gasteiger partial charge in [-0.25, -0.2) is 0 Å². The van der Waals surface area contributed by atoms with Gasteiger partial charge in [0.25, 0.3) is 5.91 Å². The Balaban J connectivity index is 1.89. The Morgan fingerprint density at radius 3 is 2.58 bits per heavy atom. The quantitative estimate of drug-likeness (QED) is 0.880. The number of ether oxygens (including phenoxy) is 1. The maximum Gasteiger partial charge on any atom is 0.308 e. The Morgan fingerprint density at radius 2 is 1.92 bits per heavy atom. The van der Waals surface area contributed by atoms with Crippen molar-refractivity contribution in [3.8, 4) is 11.5 Å². The number of likely N-dealkylation sites (tertiary alicyclic amines) is 1. The van der Waals surface area contributed by atoms with Crippen molar-refractivity contribution in [1.29, 1.82) is 0 Å². The molecule has 1 saturated heterocycles. The molecule has 6 nitrogen and oxygen atoms in total. The largest absolute Gasteiger partial charge is 0.507 e. The van der Waals surface area contributed by atoms with Gasteiger partial charge in [-0.1, -0.05) is 18.2 Å². The average molecular weight is 355 g/mol. The second-order valence-electron chi connectivity index (χ2n) is 6.56. The normalized spacial score (nSPS) is 19.4. The highest BCUT2D eigenvalue weighted by molar-refractivity contribution is 5.97. The molecule has 3 rings (SSSR count). The summed E-state index contributed by atoms with van der Waals surface area (Å²) in [5.41, 5.74) is 1.85. The van der Waals surface area contributed by atoms with Gasteiger partial charge in [0, 0.05) is 19.0 Å². The molecular formula is C20H21NO5. The number of hydrogen-bond donors (Lipinski definition) is 2. The third-order valence-corrected chi connectivity index (χ3v) is 4.83. The standard InChI is InChI=1S/C20H21NO5/c1-12-6-7-15(18(22)8-12)19(23)21-10-16(17(11-21)20(24)25)13-4-3-5-14(9-13)26-2/h3-9,16-17,22H,10-11H2,1-2H3,(H,24,25)/t16-,17+/m1/s1. The second kappa shape index (κ2) is 7.07. The first kappa shape index (κ1) is 17.8. The third-order valence-electron chi connectivity index (χ3n) is 4.83. The van der Waals surface area contributed by atoms with Gasteiger partial charge in [-0.2, -0.15) is 0 Å². The van der Waals surface area contributed by atoms with Crippen molar-refractivity contribution in [3.63, 3.8) is 0 Å². The van der Waals surface area contributed by atoms with Gasteiger partial charge < -0.3 is 19.8 Å². The van der Waals surface area contributed by atoms with Gasteiger partial charge in [-0.3, -0.25) is 9.59 Å². The molecule has 136 valence electrons. The van der Waals surface area contributed by atoms with Crippen LogP contribution in [0.4, 0.5) is 0 Å². The van der Waals surface area contributed by atoms with Gasteiger partial charge in [0.15, 0.2) is 0 Å². The summed E-state index contributed by atoms with van der Waals surface area (Å²) in [6, 6.07) is 12.1. The number of carbonyl (C=O) groups excluding carboxylic acids is 1. The fourth-order valence-electron chi connectivity index (χ4n) is 3.42. The Labute approximate surface area is 151 Å². The van der Waals surface area contributed by atoms with Crippen molar-refractivity contribution in [3.05, 3.63) is 59.2 Å². The Kier molecular flexibility index (Phi) is 4.84. The number of rotatable bonds is 4. The highest BCUT2D eigenvalue weighted by atomic mass is 16.5. The summed E-state index contributed by atoms with van der Waals surface area (Å²) in [5.74, 6) is -1.79. The number of carboxylic acid groups (broad SMARTS) is 1. The van der Waals surface area contributed by atoms with E-state index in [0.717, 1.165) is 11.1 Å². The maximum absolute atomic E-state index is 12.8. The van der Waals surface area contributed by atoms with E-state index in [1.807, 2.05) is 19.1 Å². The SMILES string of the molecule is COc1cccc([C@H]2CN(C(=O)c3ccc(C)cc3O)C[C@@H]2C(=O)O)c1. The highest BCUT2D eigenvalue weighted by Crippen LogP contribution is 2.35. The number of nitrogens with zero attached hydrogens (tertiary/aromatic N) is 1. The lowest BCUT2D eigenvalue weighted by Crippen LogP contribution is -2.30. The van der Waals surface area contributed by atoms with Crippen molar-refractivity contribution < 1.29 is 24.5 Å². The molecule has 1 amide bonds. The molecule has 0 bridgehead atoms. The van der Waals surface area contributed by atoms with Gasteiger partial charge in [0.1, 0.15) is 11.5 Å². The summed E-state index contributed by atoms with van der Waals surface area (Å²) in [6.07, 6.45) is 0. The smallest absolute Gasteiger partial charge is 0.308 e. The fourth-order valence-corrected chi connectivity index (χ4v) is 3.42. The van der Waals surface area contributed by atoms with Crippen LogP contribution in [0.3, 0.4) is 0 Å². The van der Waals surface area contributed by atoms with Crippen LogP contribution >= 0.6 is 0 Å². The predicted molar refractivity (Wildman–Crippen MR) is 95.6 cm³/mol. The van der Waals surface area contributed by atoms with Gasteiger partial charge >= 0.3 is 5.97 Å². The molecule has 1 aliphatic rings. The molecule has 6 heteroatoms. The molecule has 0 aromatic heterocycles. The summed E-state index contributed by atoms with van der Waals surface area (Å²) in [4.78, 5) is 26.0. The first-order chi connectivity index (χ1) is 12.4. The number of amides is 1. The number of aromatic hydroxyl groups is 1. The molecule has 26 heavy (non-hydrogen) atoms. The van der Waals surface area contributed by atoms with E-state index in [-0.39, 0.29) is 36.2 Å². The zero-order valence-corrected chi connectivity index (χ0v) is 14.7. The lowest BCUT2D eigenvalue weighted by Gasteiger charge is -2.17. The summed E-state index contributed by atoms with van der Waals surface area (Å²) in [5, 5.41) is 19.7. The Bertz CT molecular complexity index is 848. The molecule has 0 unspecified atom stereocenters. The number of methoxy groups -OCH3 is 1. The van der Waals surface area contributed by atoms with E-state index >= 15 is 0 Å². The lowest BCUT2D eigenvalue weighted by atomic mass is 9.89. The number of carboxylic acids is 1. The monoisotopic (exact) mass is 355 g/mol. The molecule has 1 fully saturated rings. The highest BCUT2D eigenvalue weighted by Gasteiger charge is 2.41. The molecule has 2 aromatic rings. The number of benzene rings is 2. The lowest BCUT2D eigenvalue weighted by molar-refractivity contribution is -0.141. The summed E-state index contributed by atoms with van der Waals surface area (Å²) < 4.78 is 5.22. The topological polar surface area (TPSA) is 87.1 Å². The minimum Gasteiger partial charge on any atom is -0.507 e. The number of hydrogen-bond acceptors (Lipinski definition) is 4. The van der Waals surface area contributed by atoms with Gasteiger partial charge in [-0.15, -0.1) is 0 Å². The van der Waals surface area contributed by atoms with Crippen LogP contribution in [-0.2, 0) is 4.79 Å². The number of aliphatic carboxylic acids is 1. The van der Waals surface area contributed by atoms with Crippen LogP contribution in [0.2, 0.25) is 0 Å². The minimum atomic E-state index is -0.943. The number of carbonyl (C=O) groups is 2. The summed E-state index contributed by atoms with van der Waals surface area (Å²) in [7, 11) is 1.55. The minimum absolute atomic E-state index is 0.0910. The Morgan fingerprint density at radius 1 is 1.15 bits per heavy atom. The van der Waals surface area contributed by atoms with Gasteiger partial charge in [-0.05, 0) is 42.3 Å². The summed E-state index contributed by atoms with van der Waals surface area (Å²) in [6.45, 7) is 2.20. The van der Waals surface area contributed by atoms with E-state index in [0.29, 0.717) is 5.75 Å². The van der Waals surface area contributed by atoms with Crippen LogP contribution in [-0.4, -0.2) is 47.2 Å². The molecule has 1 aliphatic heterocycles. The van der Waals surface area contributed by atoms with E-state index in [9.17, 15) is 19.8 Å². The average Bonchev–Trinajstić information content (AvgIpc) is 3.07. The Hall–Kier alpha value is -3.02. The molecule has 2 aromatic carbocycles. The van der Waals surface area contributed by atoms with Crippen molar-refractivity contribution in [2.75, 3.05) is 20.2 Å². The molecule has 0 aliphatic carbocycles. The molecule has 2 N–H and O–H groups in total. The van der Waals surface area contributed by atoms with Crippen LogP contribution in [0.25, 0.3) is 0 Å². The molecule has 1 heterocycles. The van der Waals surface area contributed by atoms with Gasteiger partial charge in [0.05, 0.1) is 18.6 Å². The zero-order valence-electron chi connectivity index (χ0n) is 14.7. The number of phenolic OH excluding ortho intramolecular Hbond substituents is 1. The van der Waals surface area contributed by atoms with E-state index in [1.54, 1.807) is 31.4 Å². The van der Waals surface area contributed by atoms with Crippen LogP contribution in [0.1, 0.15) is 27.4 Å². The van der Waals surface area contributed by atoms with Crippen LogP contribution in [0.5, 0.6) is 11.5 Å². The molecule has 0 spiro atoms. The third kappa shape index (κ3) is 3.35. The second-order valence-corrected chi connectivity index (χ2v) is 6.56. The maximum atomic E-state index is 12.8. The molecule has 0 radical (unpaired) electrons. The number of aryl methyl sites for hydroxylation is 1. The van der Waals surface area contributed by atoms with E-state index in [2.05, 4.69) is 0 Å². The predicted octanol–water partition coefficient (Wildman–Crippen LogP) is 2.65. The number of phenols is 1. The molecule has 2 atom stereocenters. The van der Waals surface area contributed by atoms with E-state index in [1.165, 1.54) is 11.0 Å². The van der Waals surface area contributed by atoms with Gasteiger partial charge in [0.2, 0.25) is 0 Å². The van der Waals surface area contributed by atoms with Crippen LogP contribution in [0, 0.1) is 12.8 Å². The van der Waals surface area contributed by atoms with Crippen molar-refractivity contribution in [2.45, 2.75) is 12.8 Å². The van der Waals surface area contributed by atoms with Crippen LogP contribution < -0.4 is 4.74 Å². The zero-order chi connectivity index (χ0) is 18.8. The van der Waals surface area contributed by atoms with Crippen molar-refractivity contribution >= 4 is 11.9 Å². The first-order valence-electron chi connectivity index (χ1n) is 8.36. The van der Waals surface area contributed by atoms with Crippen molar-refractivity contribution in [2.24, 2.45) is 5.92 Å². The molecular weight excluding hydrogens is 334 g/mol.